The first-order valence-electron chi connectivity index (χ1n) is 11.7. The van der Waals surface area contributed by atoms with E-state index in [1.165, 1.54) is 0 Å². The van der Waals surface area contributed by atoms with Crippen molar-refractivity contribution in [3.63, 3.8) is 0 Å². The van der Waals surface area contributed by atoms with Crippen molar-refractivity contribution in [2.75, 3.05) is 39.8 Å². The fourth-order valence-electron chi connectivity index (χ4n) is 6.17. The molecule has 7 nitrogen and oxygen atoms in total. The number of hydrogen-bond donors (Lipinski definition) is 0. The van der Waals surface area contributed by atoms with Gasteiger partial charge in [-0.2, -0.15) is 5.10 Å². The van der Waals surface area contributed by atoms with Crippen molar-refractivity contribution in [1.29, 1.82) is 0 Å². The van der Waals surface area contributed by atoms with Crippen molar-refractivity contribution in [3.05, 3.63) is 30.0 Å². The fourth-order valence-corrected chi connectivity index (χ4v) is 6.17. The number of likely N-dealkylation sites (N-methyl/N-ethyl adjacent to an activating group) is 1. The molecule has 1 aromatic carbocycles. The first-order chi connectivity index (χ1) is 15.0. The summed E-state index contributed by atoms with van der Waals surface area (Å²) in [4.78, 5) is 33.1. The van der Waals surface area contributed by atoms with Gasteiger partial charge >= 0.3 is 0 Å². The van der Waals surface area contributed by atoms with Crippen LogP contribution < -0.4 is 0 Å². The van der Waals surface area contributed by atoms with E-state index in [2.05, 4.69) is 21.9 Å². The summed E-state index contributed by atoms with van der Waals surface area (Å²) in [5.74, 6) is 0.327. The van der Waals surface area contributed by atoms with Crippen molar-refractivity contribution in [2.45, 2.75) is 44.6 Å². The maximum absolute atomic E-state index is 13.5. The molecule has 1 aromatic heterocycles. The second-order valence-electron chi connectivity index (χ2n) is 9.66. The maximum Gasteiger partial charge on any atom is 0.275 e. The van der Waals surface area contributed by atoms with E-state index in [1.807, 2.05) is 36.2 Å². The van der Waals surface area contributed by atoms with Gasteiger partial charge in [-0.15, -0.1) is 0 Å². The highest BCUT2D eigenvalue weighted by atomic mass is 16.2. The number of carbonyl (C=O) groups is 2. The van der Waals surface area contributed by atoms with Crippen LogP contribution in [-0.2, 0) is 11.8 Å². The Morgan fingerprint density at radius 2 is 1.61 bits per heavy atom. The Labute approximate surface area is 184 Å². The molecule has 1 unspecified atom stereocenters. The van der Waals surface area contributed by atoms with Gasteiger partial charge in [-0.1, -0.05) is 18.2 Å². The summed E-state index contributed by atoms with van der Waals surface area (Å²) in [5, 5.41) is 5.44. The molecule has 3 aliphatic rings. The van der Waals surface area contributed by atoms with E-state index in [1.54, 1.807) is 4.68 Å². The largest absolute Gasteiger partial charge is 0.341 e. The zero-order valence-electron chi connectivity index (χ0n) is 18.7. The molecule has 5 rings (SSSR count). The van der Waals surface area contributed by atoms with E-state index in [0.717, 1.165) is 69.1 Å². The molecule has 1 spiro atoms. The number of aromatic nitrogens is 2. The van der Waals surface area contributed by atoms with Crippen LogP contribution in [0.2, 0.25) is 0 Å². The molecule has 0 aliphatic carbocycles. The predicted molar refractivity (Wildman–Crippen MR) is 120 cm³/mol. The summed E-state index contributed by atoms with van der Waals surface area (Å²) >= 11 is 0. The number of piperidine rings is 2. The van der Waals surface area contributed by atoms with Gasteiger partial charge in [0.1, 0.15) is 0 Å². The third-order valence-corrected chi connectivity index (χ3v) is 7.86. The lowest BCUT2D eigenvalue weighted by atomic mass is 9.66. The molecule has 3 saturated heterocycles. The van der Waals surface area contributed by atoms with Gasteiger partial charge in [0.05, 0.1) is 11.6 Å². The number of rotatable bonds is 2. The van der Waals surface area contributed by atoms with Gasteiger partial charge in [0.2, 0.25) is 5.91 Å². The Morgan fingerprint density at radius 1 is 0.903 bits per heavy atom. The zero-order chi connectivity index (χ0) is 21.6. The normalized spacial score (nSPS) is 24.3. The molecule has 0 N–H and O–H groups in total. The van der Waals surface area contributed by atoms with Crippen molar-refractivity contribution >= 4 is 22.7 Å². The SMILES string of the molecule is CN1CCCC2(CCN(C(=O)c3nn(C)c4ccccc34)CC2)C1C(=O)N1CCCC1. The molecule has 3 fully saturated rings. The molecular weight excluding hydrogens is 390 g/mol. The van der Waals surface area contributed by atoms with Crippen molar-refractivity contribution < 1.29 is 9.59 Å². The van der Waals surface area contributed by atoms with E-state index in [-0.39, 0.29) is 17.4 Å². The zero-order valence-corrected chi connectivity index (χ0v) is 18.7. The van der Waals surface area contributed by atoms with Gasteiger partial charge in [0.25, 0.3) is 5.91 Å². The number of fused-ring (bicyclic) bond motifs is 1. The molecule has 4 heterocycles. The van der Waals surface area contributed by atoms with E-state index < -0.39 is 0 Å². The number of hydrogen-bond acceptors (Lipinski definition) is 4. The number of benzene rings is 1. The minimum atomic E-state index is -0.0488. The highest BCUT2D eigenvalue weighted by Gasteiger charge is 2.50. The molecule has 2 aromatic rings. The summed E-state index contributed by atoms with van der Waals surface area (Å²) < 4.78 is 1.79. The lowest BCUT2D eigenvalue weighted by Gasteiger charge is -2.52. The summed E-state index contributed by atoms with van der Waals surface area (Å²) in [5.41, 5.74) is 1.50. The smallest absolute Gasteiger partial charge is 0.275 e. The predicted octanol–water partition coefficient (Wildman–Crippen LogP) is 2.51. The monoisotopic (exact) mass is 423 g/mol. The standard InChI is InChI=1S/C24H33N5O2/c1-26-13-7-10-24(21(26)23(31)28-14-5-6-15-28)11-16-29(17-12-24)22(30)20-18-8-3-4-9-19(18)27(2)25-20/h3-4,8-9,21H,5-7,10-17H2,1-2H3. The Morgan fingerprint density at radius 3 is 2.35 bits per heavy atom. The van der Waals surface area contributed by atoms with Gasteiger partial charge < -0.3 is 9.80 Å². The van der Waals surface area contributed by atoms with E-state index in [4.69, 9.17) is 0 Å². The van der Waals surface area contributed by atoms with Gasteiger partial charge in [-0.05, 0) is 63.6 Å². The van der Waals surface area contributed by atoms with Crippen LogP contribution >= 0.6 is 0 Å². The van der Waals surface area contributed by atoms with Gasteiger partial charge in [-0.3, -0.25) is 19.2 Å². The highest BCUT2D eigenvalue weighted by molar-refractivity contribution is 6.04. The summed E-state index contributed by atoms with van der Waals surface area (Å²) in [6.07, 6.45) is 6.22. The number of para-hydroxylation sites is 1. The van der Waals surface area contributed by atoms with Crippen LogP contribution in [0.4, 0.5) is 0 Å². The van der Waals surface area contributed by atoms with E-state index >= 15 is 0 Å². The van der Waals surface area contributed by atoms with Crippen molar-refractivity contribution in [2.24, 2.45) is 12.5 Å². The maximum atomic E-state index is 13.5. The van der Waals surface area contributed by atoms with Crippen LogP contribution in [-0.4, -0.2) is 82.1 Å². The molecule has 0 radical (unpaired) electrons. The minimum Gasteiger partial charge on any atom is -0.341 e. The van der Waals surface area contributed by atoms with Crippen LogP contribution in [0.3, 0.4) is 0 Å². The third kappa shape index (κ3) is 3.43. The molecule has 166 valence electrons. The molecule has 31 heavy (non-hydrogen) atoms. The molecular formula is C24H33N5O2. The molecule has 3 aliphatic heterocycles. The van der Waals surface area contributed by atoms with Gasteiger partial charge in [0.15, 0.2) is 5.69 Å². The second-order valence-corrected chi connectivity index (χ2v) is 9.66. The topological polar surface area (TPSA) is 61.7 Å². The van der Waals surface area contributed by atoms with Gasteiger partial charge in [0, 0.05) is 38.6 Å². The molecule has 0 bridgehead atoms. The van der Waals surface area contributed by atoms with Crippen LogP contribution in [0.15, 0.2) is 24.3 Å². The number of nitrogens with zero attached hydrogens (tertiary/aromatic N) is 5. The molecule has 1 atom stereocenters. The lowest BCUT2D eigenvalue weighted by Crippen LogP contribution is -2.61. The van der Waals surface area contributed by atoms with Crippen LogP contribution in [0, 0.1) is 5.41 Å². The van der Waals surface area contributed by atoms with Crippen molar-refractivity contribution in [3.8, 4) is 0 Å². The Bertz CT molecular complexity index is 985. The first kappa shape index (κ1) is 20.5. The Balaban J connectivity index is 1.35. The fraction of sp³-hybridized carbons (Fsp3) is 0.625. The summed E-state index contributed by atoms with van der Waals surface area (Å²) in [6, 6.07) is 7.85. The number of aryl methyl sites for hydroxylation is 1. The van der Waals surface area contributed by atoms with E-state index in [0.29, 0.717) is 24.7 Å². The minimum absolute atomic E-state index is 0.0123. The molecule has 0 saturated carbocycles. The second kappa shape index (κ2) is 7.93. The summed E-state index contributed by atoms with van der Waals surface area (Å²) in [7, 11) is 3.99. The van der Waals surface area contributed by atoms with Crippen LogP contribution in [0.5, 0.6) is 0 Å². The number of amides is 2. The number of carbonyl (C=O) groups excluding carboxylic acids is 2. The van der Waals surface area contributed by atoms with Crippen molar-refractivity contribution in [1.82, 2.24) is 24.5 Å². The summed E-state index contributed by atoms with van der Waals surface area (Å²) in [6.45, 7) is 4.17. The quantitative estimate of drug-likeness (QED) is 0.745. The van der Waals surface area contributed by atoms with Crippen LogP contribution in [0.1, 0.15) is 49.0 Å². The average Bonchev–Trinajstić information content (AvgIpc) is 3.43. The average molecular weight is 424 g/mol. The van der Waals surface area contributed by atoms with Crippen LogP contribution in [0.25, 0.3) is 10.9 Å². The Kier molecular flexibility index (Phi) is 5.24. The number of likely N-dealkylation sites (tertiary alicyclic amines) is 3. The molecule has 7 heteroatoms. The highest BCUT2D eigenvalue weighted by Crippen LogP contribution is 2.45. The molecule has 2 amide bonds. The van der Waals surface area contributed by atoms with E-state index in [9.17, 15) is 9.59 Å². The lowest BCUT2D eigenvalue weighted by molar-refractivity contribution is -0.145. The Hall–Kier alpha value is -2.41. The first-order valence-corrected chi connectivity index (χ1v) is 11.7. The van der Waals surface area contributed by atoms with Gasteiger partial charge in [-0.25, -0.2) is 0 Å². The third-order valence-electron chi connectivity index (χ3n) is 7.86.